The maximum absolute atomic E-state index is 11.9. The van der Waals surface area contributed by atoms with Crippen molar-refractivity contribution in [1.29, 1.82) is 0 Å². The normalized spacial score (nSPS) is 10.9. The first-order chi connectivity index (χ1) is 7.34. The van der Waals surface area contributed by atoms with E-state index in [1.165, 1.54) is 0 Å². The van der Waals surface area contributed by atoms with Crippen molar-refractivity contribution in [1.82, 2.24) is 4.98 Å². The van der Waals surface area contributed by atoms with E-state index in [9.17, 15) is 4.79 Å². The SMILES string of the molecule is Cc1cc(NC(=O)C(C)(C)C(N)=S)ccn1. The smallest absolute Gasteiger partial charge is 0.236 e. The Morgan fingerprint density at radius 2 is 2.19 bits per heavy atom. The van der Waals surface area contributed by atoms with E-state index in [4.69, 9.17) is 18.0 Å². The summed E-state index contributed by atoms with van der Waals surface area (Å²) < 4.78 is 0. The van der Waals surface area contributed by atoms with Gasteiger partial charge in [0, 0.05) is 17.6 Å². The molecule has 0 saturated heterocycles. The minimum atomic E-state index is -0.855. The maximum Gasteiger partial charge on any atom is 0.236 e. The van der Waals surface area contributed by atoms with Crippen LogP contribution in [0.3, 0.4) is 0 Å². The lowest BCUT2D eigenvalue weighted by molar-refractivity contribution is -0.121. The number of amides is 1. The Morgan fingerprint density at radius 3 is 2.69 bits per heavy atom. The van der Waals surface area contributed by atoms with E-state index in [-0.39, 0.29) is 10.9 Å². The molecule has 5 heteroatoms. The van der Waals surface area contributed by atoms with E-state index in [0.29, 0.717) is 5.69 Å². The van der Waals surface area contributed by atoms with Crippen LogP contribution < -0.4 is 11.1 Å². The van der Waals surface area contributed by atoms with Gasteiger partial charge in [0.2, 0.25) is 5.91 Å². The molecule has 0 unspecified atom stereocenters. The van der Waals surface area contributed by atoms with Crippen LogP contribution in [0.2, 0.25) is 0 Å². The highest BCUT2D eigenvalue weighted by molar-refractivity contribution is 7.80. The number of pyridine rings is 1. The van der Waals surface area contributed by atoms with Gasteiger partial charge in [-0.2, -0.15) is 0 Å². The van der Waals surface area contributed by atoms with Crippen molar-refractivity contribution in [2.75, 3.05) is 5.32 Å². The van der Waals surface area contributed by atoms with Gasteiger partial charge < -0.3 is 11.1 Å². The van der Waals surface area contributed by atoms with Crippen molar-refractivity contribution in [3.63, 3.8) is 0 Å². The second kappa shape index (κ2) is 4.57. The van der Waals surface area contributed by atoms with Crippen LogP contribution in [-0.4, -0.2) is 15.9 Å². The number of nitrogens with two attached hydrogens (primary N) is 1. The van der Waals surface area contributed by atoms with Gasteiger partial charge in [0.25, 0.3) is 0 Å². The third kappa shape index (κ3) is 2.76. The van der Waals surface area contributed by atoms with Crippen molar-refractivity contribution in [2.24, 2.45) is 11.1 Å². The molecule has 0 aromatic carbocycles. The molecule has 0 aliphatic heterocycles. The van der Waals surface area contributed by atoms with Gasteiger partial charge in [0.15, 0.2) is 0 Å². The van der Waals surface area contributed by atoms with Crippen LogP contribution in [0.5, 0.6) is 0 Å². The monoisotopic (exact) mass is 237 g/mol. The highest BCUT2D eigenvalue weighted by Crippen LogP contribution is 2.19. The molecule has 1 amide bonds. The van der Waals surface area contributed by atoms with Crippen LogP contribution in [0.4, 0.5) is 5.69 Å². The topological polar surface area (TPSA) is 68.0 Å². The number of aromatic nitrogens is 1. The molecule has 0 atom stereocenters. The van der Waals surface area contributed by atoms with Crippen LogP contribution in [0.15, 0.2) is 18.3 Å². The Bertz CT molecular complexity index is 429. The Balaban J connectivity index is 2.83. The molecule has 16 heavy (non-hydrogen) atoms. The third-order valence-corrected chi connectivity index (χ3v) is 2.85. The van der Waals surface area contributed by atoms with Crippen molar-refractivity contribution in [3.05, 3.63) is 24.0 Å². The fraction of sp³-hybridized carbons (Fsp3) is 0.364. The molecular formula is C11H15N3OS. The first-order valence-electron chi connectivity index (χ1n) is 4.88. The number of thiocarbonyl (C=S) groups is 1. The number of rotatable bonds is 3. The van der Waals surface area contributed by atoms with Gasteiger partial charge in [-0.05, 0) is 32.9 Å². The summed E-state index contributed by atoms with van der Waals surface area (Å²) in [6, 6.07) is 3.51. The van der Waals surface area contributed by atoms with Gasteiger partial charge in [0.05, 0.1) is 10.4 Å². The maximum atomic E-state index is 11.9. The standard InChI is InChI=1S/C11H15N3OS/c1-7-6-8(4-5-13-7)14-10(15)11(2,3)9(12)16/h4-6H,1-3H3,(H2,12,16)(H,13,14,15). The van der Waals surface area contributed by atoms with Crippen molar-refractivity contribution in [2.45, 2.75) is 20.8 Å². The van der Waals surface area contributed by atoms with Gasteiger partial charge in [-0.15, -0.1) is 0 Å². The third-order valence-electron chi connectivity index (χ3n) is 2.34. The molecule has 0 spiro atoms. The van der Waals surface area contributed by atoms with E-state index >= 15 is 0 Å². The quantitative estimate of drug-likeness (QED) is 0.784. The number of nitrogens with zero attached hydrogens (tertiary/aromatic N) is 1. The summed E-state index contributed by atoms with van der Waals surface area (Å²) in [4.78, 5) is 16.1. The van der Waals surface area contributed by atoms with Crippen molar-refractivity contribution < 1.29 is 4.79 Å². The summed E-state index contributed by atoms with van der Waals surface area (Å²) in [7, 11) is 0. The lowest BCUT2D eigenvalue weighted by atomic mass is 9.92. The van der Waals surface area contributed by atoms with E-state index in [2.05, 4.69) is 10.3 Å². The first kappa shape index (κ1) is 12.6. The van der Waals surface area contributed by atoms with E-state index < -0.39 is 5.41 Å². The molecule has 4 nitrogen and oxygen atoms in total. The second-order valence-corrected chi connectivity index (χ2v) is 4.57. The van der Waals surface area contributed by atoms with E-state index in [1.807, 2.05) is 6.92 Å². The van der Waals surface area contributed by atoms with Crippen molar-refractivity contribution >= 4 is 28.8 Å². The fourth-order valence-corrected chi connectivity index (χ4v) is 1.12. The summed E-state index contributed by atoms with van der Waals surface area (Å²) >= 11 is 4.85. The van der Waals surface area contributed by atoms with Crippen molar-refractivity contribution in [3.8, 4) is 0 Å². The molecule has 1 aromatic rings. The van der Waals surface area contributed by atoms with Gasteiger partial charge >= 0.3 is 0 Å². The average molecular weight is 237 g/mol. The van der Waals surface area contributed by atoms with Crippen LogP contribution in [0.1, 0.15) is 19.5 Å². The summed E-state index contributed by atoms with van der Waals surface area (Å²) in [6.45, 7) is 5.24. The Hall–Kier alpha value is -1.49. The fourth-order valence-electron chi connectivity index (χ4n) is 1.02. The molecule has 86 valence electrons. The number of carbonyl (C=O) groups is 1. The second-order valence-electron chi connectivity index (χ2n) is 4.13. The molecule has 0 fully saturated rings. The Morgan fingerprint density at radius 1 is 1.56 bits per heavy atom. The molecule has 0 saturated carbocycles. The molecule has 3 N–H and O–H groups in total. The molecule has 0 aliphatic carbocycles. The van der Waals surface area contributed by atoms with Gasteiger partial charge in [0.1, 0.15) is 0 Å². The predicted molar refractivity (Wildman–Crippen MR) is 68.2 cm³/mol. The summed E-state index contributed by atoms with van der Waals surface area (Å²) in [5.41, 5.74) is 6.19. The zero-order valence-electron chi connectivity index (χ0n) is 9.57. The first-order valence-corrected chi connectivity index (χ1v) is 5.29. The lowest BCUT2D eigenvalue weighted by Crippen LogP contribution is -2.41. The number of aryl methyl sites for hydroxylation is 1. The molecule has 1 rings (SSSR count). The summed E-state index contributed by atoms with van der Waals surface area (Å²) in [6.07, 6.45) is 1.64. The number of hydrogen-bond acceptors (Lipinski definition) is 3. The van der Waals surface area contributed by atoms with Crippen LogP contribution >= 0.6 is 12.2 Å². The van der Waals surface area contributed by atoms with Gasteiger partial charge in [-0.1, -0.05) is 12.2 Å². The van der Waals surface area contributed by atoms with Gasteiger partial charge in [-0.3, -0.25) is 9.78 Å². The Kier molecular flexibility index (Phi) is 3.59. The van der Waals surface area contributed by atoms with Crippen LogP contribution in [-0.2, 0) is 4.79 Å². The summed E-state index contributed by atoms with van der Waals surface area (Å²) in [5.74, 6) is -0.217. The summed E-state index contributed by atoms with van der Waals surface area (Å²) in [5, 5.41) is 2.76. The van der Waals surface area contributed by atoms with E-state index in [0.717, 1.165) is 5.69 Å². The number of nitrogens with one attached hydrogen (secondary N) is 1. The zero-order chi connectivity index (χ0) is 12.3. The molecular weight excluding hydrogens is 222 g/mol. The molecule has 1 aromatic heterocycles. The van der Waals surface area contributed by atoms with Crippen LogP contribution in [0, 0.1) is 12.3 Å². The van der Waals surface area contributed by atoms with E-state index in [1.54, 1.807) is 32.2 Å². The number of carbonyl (C=O) groups excluding carboxylic acids is 1. The highest BCUT2D eigenvalue weighted by atomic mass is 32.1. The number of anilines is 1. The minimum Gasteiger partial charge on any atom is -0.392 e. The molecule has 1 heterocycles. The lowest BCUT2D eigenvalue weighted by Gasteiger charge is -2.21. The largest absolute Gasteiger partial charge is 0.392 e. The molecule has 0 radical (unpaired) electrons. The molecule has 0 bridgehead atoms. The Labute approximate surface area is 100 Å². The van der Waals surface area contributed by atoms with Crippen LogP contribution in [0.25, 0.3) is 0 Å². The average Bonchev–Trinajstić information content (AvgIpc) is 2.17. The van der Waals surface area contributed by atoms with Gasteiger partial charge in [-0.25, -0.2) is 0 Å². The number of hydrogen-bond donors (Lipinski definition) is 2. The zero-order valence-corrected chi connectivity index (χ0v) is 10.4. The highest BCUT2D eigenvalue weighted by Gasteiger charge is 2.30. The minimum absolute atomic E-state index is 0.177. The predicted octanol–water partition coefficient (Wildman–Crippen LogP) is 1.64. The molecule has 0 aliphatic rings.